The molecule has 7 heteroatoms. The van der Waals surface area contributed by atoms with Crippen LogP contribution in [0.1, 0.15) is 18.9 Å². The van der Waals surface area contributed by atoms with Crippen molar-refractivity contribution >= 4 is 24.0 Å². The van der Waals surface area contributed by atoms with Crippen LogP contribution in [0.15, 0.2) is 49.1 Å². The fourth-order valence-electron chi connectivity index (χ4n) is 1.87. The lowest BCUT2D eigenvalue weighted by molar-refractivity contribution is -0.150. The second-order valence-electron chi connectivity index (χ2n) is 5.11. The zero-order valence-corrected chi connectivity index (χ0v) is 13.8. The van der Waals surface area contributed by atoms with E-state index in [-0.39, 0.29) is 29.3 Å². The molecule has 136 valence electrons. The van der Waals surface area contributed by atoms with Crippen LogP contribution in [0.5, 0.6) is 0 Å². The highest BCUT2D eigenvalue weighted by Crippen LogP contribution is 2.20. The Morgan fingerprint density at radius 2 is 1.96 bits per heavy atom. The second kappa shape index (κ2) is 11.6. The number of hydrogen-bond donors (Lipinski definition) is 1. The number of carbonyl (C=O) groups excluding carboxylic acids is 2. The lowest BCUT2D eigenvalue weighted by atomic mass is 10.1. The Hall–Kier alpha value is -2.96. The molecule has 1 aliphatic rings. The summed E-state index contributed by atoms with van der Waals surface area (Å²) < 4.78 is 10.1. The van der Waals surface area contributed by atoms with Crippen molar-refractivity contribution in [1.29, 1.82) is 0 Å². The number of hydrogen-bond acceptors (Lipinski definition) is 5. The number of carboxylic acid groups (broad SMARTS) is 1. The fourth-order valence-corrected chi connectivity index (χ4v) is 1.87. The lowest BCUT2D eigenvalue weighted by Crippen LogP contribution is -2.17. The topological polar surface area (TPSA) is 89.9 Å². The van der Waals surface area contributed by atoms with Gasteiger partial charge in [-0.3, -0.25) is 9.50 Å². The molecule has 0 aliphatic carbocycles. The molecule has 1 heterocycles. The zero-order valence-electron chi connectivity index (χ0n) is 13.8. The summed E-state index contributed by atoms with van der Waals surface area (Å²) in [7, 11) is 0. The third kappa shape index (κ3) is 9.04. The molecule has 0 amide bonds. The number of rotatable bonds is 5. The van der Waals surface area contributed by atoms with E-state index in [1.54, 1.807) is 13.0 Å². The average Bonchev–Trinajstić information content (AvgIpc) is 2.90. The smallest absolute Gasteiger partial charge is 0.330 e. The Morgan fingerprint density at radius 3 is 2.44 bits per heavy atom. The van der Waals surface area contributed by atoms with Crippen LogP contribution in [-0.4, -0.2) is 35.7 Å². The van der Waals surface area contributed by atoms with Gasteiger partial charge >= 0.3 is 17.9 Å². The normalized spacial score (nSPS) is 18.4. The van der Waals surface area contributed by atoms with Gasteiger partial charge in [-0.1, -0.05) is 43.8 Å². The summed E-state index contributed by atoms with van der Waals surface area (Å²) in [5.74, 6) is -1.74. The van der Waals surface area contributed by atoms with E-state index in [1.165, 1.54) is 6.08 Å². The van der Waals surface area contributed by atoms with Crippen molar-refractivity contribution in [2.45, 2.75) is 19.4 Å². The maximum atomic E-state index is 11.5. The standard InChI is InChI=1S/C15H16O4.C3H4O2.FH/c1-11-9-13(19-15(11)17)10-18-14(16)8-7-12-5-3-2-4-6-12;1-2-3(4)5;/h2-8,11,13H,9-10H2,1H3;2H,1H2,(H,4,5);1H/b8-7+;;/t11-,13-;;/m0../s1. The minimum absolute atomic E-state index is 0. The molecule has 1 aromatic rings. The largest absolute Gasteiger partial charge is 0.478 e. The van der Waals surface area contributed by atoms with Gasteiger partial charge in [0.1, 0.15) is 12.7 Å². The van der Waals surface area contributed by atoms with Gasteiger partial charge in [-0.2, -0.15) is 0 Å². The highest BCUT2D eigenvalue weighted by Gasteiger charge is 2.31. The summed E-state index contributed by atoms with van der Waals surface area (Å²) in [4.78, 5) is 31.9. The maximum absolute atomic E-state index is 11.5. The zero-order chi connectivity index (χ0) is 17.9. The molecule has 1 aromatic carbocycles. The van der Waals surface area contributed by atoms with Crippen molar-refractivity contribution in [3.63, 3.8) is 0 Å². The second-order valence-corrected chi connectivity index (χ2v) is 5.11. The van der Waals surface area contributed by atoms with Crippen molar-refractivity contribution < 1.29 is 33.7 Å². The van der Waals surface area contributed by atoms with E-state index in [4.69, 9.17) is 14.6 Å². The van der Waals surface area contributed by atoms with Gasteiger partial charge in [-0.15, -0.1) is 0 Å². The van der Waals surface area contributed by atoms with Gasteiger partial charge < -0.3 is 14.6 Å². The van der Waals surface area contributed by atoms with Crippen LogP contribution in [0, 0.1) is 5.92 Å². The van der Waals surface area contributed by atoms with Gasteiger partial charge in [-0.25, -0.2) is 9.59 Å². The predicted octanol–water partition coefficient (Wildman–Crippen LogP) is 2.60. The summed E-state index contributed by atoms with van der Waals surface area (Å²) >= 11 is 0. The van der Waals surface area contributed by atoms with E-state index in [0.29, 0.717) is 6.42 Å². The van der Waals surface area contributed by atoms with Crippen molar-refractivity contribution in [2.24, 2.45) is 5.92 Å². The molecule has 1 N–H and O–H groups in total. The van der Waals surface area contributed by atoms with Crippen molar-refractivity contribution in [1.82, 2.24) is 0 Å². The number of halogens is 1. The molecule has 25 heavy (non-hydrogen) atoms. The van der Waals surface area contributed by atoms with E-state index in [0.717, 1.165) is 11.6 Å². The van der Waals surface area contributed by atoms with Crippen LogP contribution >= 0.6 is 0 Å². The van der Waals surface area contributed by atoms with Gasteiger partial charge in [0.2, 0.25) is 0 Å². The summed E-state index contributed by atoms with van der Waals surface area (Å²) in [5.41, 5.74) is 0.931. The van der Waals surface area contributed by atoms with E-state index >= 15 is 0 Å². The average molecular weight is 352 g/mol. The number of carboxylic acids is 1. The maximum Gasteiger partial charge on any atom is 0.330 e. The molecule has 1 aliphatic heterocycles. The van der Waals surface area contributed by atoms with Crippen LogP contribution in [0.2, 0.25) is 0 Å². The van der Waals surface area contributed by atoms with Crippen LogP contribution in [0.4, 0.5) is 4.70 Å². The summed E-state index contributed by atoms with van der Waals surface area (Å²) in [6.07, 6.45) is 4.19. The first kappa shape index (κ1) is 22.0. The number of carbonyl (C=O) groups is 3. The molecule has 1 fully saturated rings. The molecule has 0 aromatic heterocycles. The van der Waals surface area contributed by atoms with Crippen molar-refractivity contribution in [3.05, 3.63) is 54.6 Å². The Morgan fingerprint density at radius 1 is 1.36 bits per heavy atom. The monoisotopic (exact) mass is 352 g/mol. The Labute approximate surface area is 145 Å². The minimum atomic E-state index is -0.981. The molecular weight excluding hydrogens is 331 g/mol. The van der Waals surface area contributed by atoms with E-state index < -0.39 is 11.9 Å². The molecule has 1 saturated heterocycles. The SMILES string of the molecule is C=CC(=O)O.C[C@H]1C[C@@H](COC(=O)/C=C/c2ccccc2)OC1=O.F. The Kier molecular flexibility index (Phi) is 10.2. The van der Waals surface area contributed by atoms with Crippen LogP contribution in [0.3, 0.4) is 0 Å². The van der Waals surface area contributed by atoms with Gasteiger partial charge in [0.05, 0.1) is 5.92 Å². The number of benzene rings is 1. The molecule has 2 atom stereocenters. The summed E-state index contributed by atoms with van der Waals surface area (Å²) in [6, 6.07) is 9.48. The van der Waals surface area contributed by atoms with Crippen LogP contribution in [-0.2, 0) is 23.9 Å². The molecule has 0 spiro atoms. The number of ether oxygens (including phenoxy) is 2. The minimum Gasteiger partial charge on any atom is -0.478 e. The quantitative estimate of drug-likeness (QED) is 0.647. The van der Waals surface area contributed by atoms with Gasteiger partial charge in [0.25, 0.3) is 0 Å². The number of aliphatic carboxylic acids is 1. The van der Waals surface area contributed by atoms with Gasteiger partial charge in [-0.05, 0) is 11.6 Å². The molecule has 2 rings (SSSR count). The molecule has 0 radical (unpaired) electrons. The number of cyclic esters (lactones) is 1. The van der Waals surface area contributed by atoms with Crippen LogP contribution < -0.4 is 0 Å². The van der Waals surface area contributed by atoms with E-state index in [9.17, 15) is 14.4 Å². The third-order valence-electron chi connectivity index (χ3n) is 3.10. The molecule has 0 bridgehead atoms. The van der Waals surface area contributed by atoms with E-state index in [1.807, 2.05) is 30.3 Å². The van der Waals surface area contributed by atoms with Gasteiger partial charge in [0.15, 0.2) is 0 Å². The highest BCUT2D eigenvalue weighted by molar-refractivity contribution is 5.87. The first-order valence-corrected chi connectivity index (χ1v) is 7.38. The van der Waals surface area contributed by atoms with Gasteiger partial charge in [0, 0.05) is 18.6 Å². The van der Waals surface area contributed by atoms with E-state index in [2.05, 4.69) is 6.58 Å². The highest BCUT2D eigenvalue weighted by atomic mass is 19.0. The molecular formula is C18H21FO6. The Bertz CT molecular complexity index is 611. The lowest BCUT2D eigenvalue weighted by Gasteiger charge is -2.08. The third-order valence-corrected chi connectivity index (χ3v) is 3.10. The first-order valence-electron chi connectivity index (χ1n) is 7.38. The first-order chi connectivity index (χ1) is 11.4. The summed E-state index contributed by atoms with van der Waals surface area (Å²) in [6.45, 7) is 4.88. The predicted molar refractivity (Wildman–Crippen MR) is 90.4 cm³/mol. The molecule has 6 nitrogen and oxygen atoms in total. The summed E-state index contributed by atoms with van der Waals surface area (Å²) in [5, 5.41) is 7.60. The molecule has 0 unspecified atom stereocenters. The van der Waals surface area contributed by atoms with Crippen molar-refractivity contribution in [3.8, 4) is 0 Å². The molecule has 0 saturated carbocycles. The van der Waals surface area contributed by atoms with Crippen LogP contribution in [0.25, 0.3) is 6.08 Å². The Balaban J connectivity index is 0.000000848. The van der Waals surface area contributed by atoms with Crippen molar-refractivity contribution in [2.75, 3.05) is 6.61 Å². The number of esters is 2. The fraction of sp³-hybridized carbons (Fsp3) is 0.278.